The van der Waals surface area contributed by atoms with E-state index in [1.807, 2.05) is 51.1 Å². The molecule has 0 unspecified atom stereocenters. The maximum Gasteiger partial charge on any atom is 0.306 e. The van der Waals surface area contributed by atoms with Crippen molar-refractivity contribution in [1.82, 2.24) is 5.32 Å². The Morgan fingerprint density at radius 3 is 2.12 bits per heavy atom. The molecule has 0 aromatic heterocycles. The second-order valence-electron chi connectivity index (χ2n) is 6.54. The van der Waals surface area contributed by atoms with Crippen LogP contribution in [0.3, 0.4) is 0 Å². The summed E-state index contributed by atoms with van der Waals surface area (Å²) in [6.07, 6.45) is 1.75. The number of ether oxygens (including phenoxy) is 2. The quantitative estimate of drug-likeness (QED) is 0.483. The van der Waals surface area contributed by atoms with Crippen molar-refractivity contribution in [2.24, 2.45) is 0 Å². The zero-order chi connectivity index (χ0) is 19.4. The number of nitrogens with one attached hydrogen (secondary N) is 1. The molecule has 0 spiro atoms. The molecular formula is C20H29NO5. The number of hydrogen-bond acceptors (Lipinski definition) is 5. The fourth-order valence-electron chi connectivity index (χ4n) is 2.22. The number of unbranched alkanes of at least 4 members (excludes halogenated alkanes) is 1. The molecule has 0 heterocycles. The van der Waals surface area contributed by atoms with Gasteiger partial charge in [0.2, 0.25) is 5.91 Å². The van der Waals surface area contributed by atoms with Crippen molar-refractivity contribution >= 4 is 17.8 Å². The van der Waals surface area contributed by atoms with Crippen LogP contribution >= 0.6 is 0 Å². The van der Waals surface area contributed by atoms with Crippen LogP contribution in [0.5, 0.6) is 0 Å². The van der Waals surface area contributed by atoms with Crippen LogP contribution < -0.4 is 5.32 Å². The Morgan fingerprint density at radius 2 is 1.54 bits per heavy atom. The first-order chi connectivity index (χ1) is 12.4. The summed E-state index contributed by atoms with van der Waals surface area (Å²) in [7, 11) is 0. The van der Waals surface area contributed by atoms with Gasteiger partial charge in [0.1, 0.15) is 6.61 Å². The zero-order valence-corrected chi connectivity index (χ0v) is 15.9. The van der Waals surface area contributed by atoms with E-state index in [4.69, 9.17) is 9.47 Å². The molecule has 0 bridgehead atoms. The summed E-state index contributed by atoms with van der Waals surface area (Å²) in [6, 6.07) is 9.48. The van der Waals surface area contributed by atoms with Gasteiger partial charge < -0.3 is 14.8 Å². The van der Waals surface area contributed by atoms with E-state index in [0.29, 0.717) is 6.61 Å². The molecule has 0 aliphatic carbocycles. The van der Waals surface area contributed by atoms with Gasteiger partial charge >= 0.3 is 11.9 Å². The van der Waals surface area contributed by atoms with E-state index >= 15 is 0 Å². The molecule has 1 aromatic rings. The van der Waals surface area contributed by atoms with Gasteiger partial charge in [0, 0.05) is 0 Å². The second-order valence-corrected chi connectivity index (χ2v) is 6.54. The lowest BCUT2D eigenvalue weighted by atomic mass is 9.84. The fraction of sp³-hybridized carbons (Fsp3) is 0.550. The van der Waals surface area contributed by atoms with Crippen LogP contribution in [0.25, 0.3) is 0 Å². The van der Waals surface area contributed by atoms with Crippen LogP contribution in [0.1, 0.15) is 52.0 Å². The highest BCUT2D eigenvalue weighted by Gasteiger charge is 2.29. The molecule has 0 radical (unpaired) electrons. The Hall–Kier alpha value is -2.37. The van der Waals surface area contributed by atoms with Crippen LogP contribution in [0.15, 0.2) is 30.3 Å². The first-order valence-corrected chi connectivity index (χ1v) is 9.03. The van der Waals surface area contributed by atoms with Crippen molar-refractivity contribution in [1.29, 1.82) is 0 Å². The van der Waals surface area contributed by atoms with Crippen molar-refractivity contribution < 1.29 is 23.9 Å². The number of hydrogen-bond donors (Lipinski definition) is 1. The zero-order valence-electron chi connectivity index (χ0n) is 15.9. The van der Waals surface area contributed by atoms with E-state index in [-0.39, 0.29) is 31.9 Å². The molecule has 1 N–H and O–H groups in total. The maximum absolute atomic E-state index is 12.3. The van der Waals surface area contributed by atoms with Gasteiger partial charge in [-0.2, -0.15) is 0 Å². The first-order valence-electron chi connectivity index (χ1n) is 9.03. The lowest BCUT2D eigenvalue weighted by molar-refractivity contribution is -0.150. The monoisotopic (exact) mass is 363 g/mol. The van der Waals surface area contributed by atoms with Gasteiger partial charge in [-0.1, -0.05) is 43.7 Å². The summed E-state index contributed by atoms with van der Waals surface area (Å²) >= 11 is 0. The minimum atomic E-state index is -0.673. The summed E-state index contributed by atoms with van der Waals surface area (Å²) in [6.45, 7) is 6.36. The highest BCUT2D eigenvalue weighted by atomic mass is 16.5. The minimum absolute atomic E-state index is 0.00987. The molecule has 0 aliphatic rings. The molecule has 6 nitrogen and oxygen atoms in total. The van der Waals surface area contributed by atoms with E-state index in [9.17, 15) is 14.4 Å². The Morgan fingerprint density at radius 1 is 0.962 bits per heavy atom. The van der Waals surface area contributed by atoms with Crippen molar-refractivity contribution in [3.05, 3.63) is 35.9 Å². The number of rotatable bonds is 11. The summed E-state index contributed by atoms with van der Waals surface area (Å²) < 4.78 is 9.99. The van der Waals surface area contributed by atoms with Crippen LogP contribution in [0.4, 0.5) is 0 Å². The predicted molar refractivity (Wildman–Crippen MR) is 98.5 cm³/mol. The van der Waals surface area contributed by atoms with E-state index in [0.717, 1.165) is 18.4 Å². The van der Waals surface area contributed by atoms with Gasteiger partial charge in [0.25, 0.3) is 0 Å². The summed E-state index contributed by atoms with van der Waals surface area (Å²) in [5.74, 6) is -1.01. The minimum Gasteiger partial charge on any atom is -0.466 e. The number of benzene rings is 1. The maximum atomic E-state index is 12.3. The molecule has 144 valence electrons. The van der Waals surface area contributed by atoms with Gasteiger partial charge in [-0.05, 0) is 25.8 Å². The third-order valence-corrected chi connectivity index (χ3v) is 4.01. The van der Waals surface area contributed by atoms with Crippen LogP contribution in [0.2, 0.25) is 0 Å². The molecule has 1 amide bonds. The fourth-order valence-corrected chi connectivity index (χ4v) is 2.22. The van der Waals surface area contributed by atoms with Crippen LogP contribution in [0, 0.1) is 0 Å². The topological polar surface area (TPSA) is 81.7 Å². The lowest BCUT2D eigenvalue weighted by Crippen LogP contribution is -2.41. The van der Waals surface area contributed by atoms with Gasteiger partial charge in [0.15, 0.2) is 0 Å². The highest BCUT2D eigenvalue weighted by Crippen LogP contribution is 2.22. The predicted octanol–water partition coefficient (Wildman–Crippen LogP) is 2.75. The van der Waals surface area contributed by atoms with Gasteiger partial charge in [-0.3, -0.25) is 14.4 Å². The molecule has 0 atom stereocenters. The number of carbonyl (C=O) groups is 3. The van der Waals surface area contributed by atoms with Gasteiger partial charge in [-0.15, -0.1) is 0 Å². The molecule has 1 aromatic carbocycles. The standard InChI is InChI=1S/C20H29NO5/c1-4-5-14-25-17(22)11-12-18(23)26-15-13-21-19(24)20(2,3)16-9-7-6-8-10-16/h6-10H,4-5,11-15H2,1-3H3,(H,21,24). The number of esters is 2. The van der Waals surface area contributed by atoms with Crippen molar-refractivity contribution in [3.63, 3.8) is 0 Å². The molecule has 6 heteroatoms. The average Bonchev–Trinajstić information content (AvgIpc) is 2.64. The van der Waals surface area contributed by atoms with E-state index in [1.165, 1.54) is 0 Å². The smallest absolute Gasteiger partial charge is 0.306 e. The van der Waals surface area contributed by atoms with Crippen molar-refractivity contribution in [2.45, 2.75) is 51.9 Å². The largest absolute Gasteiger partial charge is 0.466 e. The van der Waals surface area contributed by atoms with Crippen molar-refractivity contribution in [2.75, 3.05) is 19.8 Å². The van der Waals surface area contributed by atoms with Crippen LogP contribution in [-0.2, 0) is 29.3 Å². The van der Waals surface area contributed by atoms with Gasteiger partial charge in [-0.25, -0.2) is 0 Å². The highest BCUT2D eigenvalue weighted by molar-refractivity contribution is 5.87. The Kier molecular flexibility index (Phi) is 9.41. The lowest BCUT2D eigenvalue weighted by Gasteiger charge is -2.24. The van der Waals surface area contributed by atoms with Gasteiger partial charge in [0.05, 0.1) is 31.4 Å². The molecular weight excluding hydrogens is 334 g/mol. The average molecular weight is 363 g/mol. The van der Waals surface area contributed by atoms with Crippen molar-refractivity contribution in [3.8, 4) is 0 Å². The van der Waals surface area contributed by atoms with E-state index < -0.39 is 17.4 Å². The second kappa shape index (κ2) is 11.3. The summed E-state index contributed by atoms with van der Waals surface area (Å²) in [5, 5.41) is 2.77. The summed E-state index contributed by atoms with van der Waals surface area (Å²) in [4.78, 5) is 35.3. The van der Waals surface area contributed by atoms with Crippen LogP contribution in [-0.4, -0.2) is 37.6 Å². The molecule has 0 aliphatic heterocycles. The third kappa shape index (κ3) is 7.68. The number of carbonyl (C=O) groups excluding carboxylic acids is 3. The first kappa shape index (κ1) is 21.7. The Labute approximate surface area is 155 Å². The van der Waals surface area contributed by atoms with E-state index in [1.54, 1.807) is 0 Å². The molecule has 0 fully saturated rings. The SMILES string of the molecule is CCCCOC(=O)CCC(=O)OCCNC(=O)C(C)(C)c1ccccc1. The molecule has 0 saturated carbocycles. The summed E-state index contributed by atoms with van der Waals surface area (Å²) in [5.41, 5.74) is 0.240. The Bertz CT molecular complexity index is 583. The number of amides is 1. The van der Waals surface area contributed by atoms with E-state index in [2.05, 4.69) is 5.32 Å². The normalized spacial score (nSPS) is 10.9. The molecule has 0 saturated heterocycles. The molecule has 26 heavy (non-hydrogen) atoms. The molecule has 1 rings (SSSR count). The third-order valence-electron chi connectivity index (χ3n) is 4.01. The Balaban J connectivity index is 2.22.